The van der Waals surface area contributed by atoms with Gasteiger partial charge in [0.25, 0.3) is 0 Å². The minimum Gasteiger partial charge on any atom is -0.356 e. The number of carbonyl (C=O) groups excluding carboxylic acids is 2. The van der Waals surface area contributed by atoms with Gasteiger partial charge in [0.1, 0.15) is 4.90 Å². The monoisotopic (exact) mass is 483 g/mol. The van der Waals surface area contributed by atoms with Crippen LogP contribution in [0.25, 0.3) is 0 Å². The summed E-state index contributed by atoms with van der Waals surface area (Å²) in [5.74, 6) is -0.121. The summed E-state index contributed by atoms with van der Waals surface area (Å²) in [4.78, 5) is 27.6. The largest absolute Gasteiger partial charge is 0.356 e. The van der Waals surface area contributed by atoms with Crippen molar-refractivity contribution in [2.24, 2.45) is 17.8 Å². The average Bonchev–Trinajstić information content (AvgIpc) is 2.78. The Bertz CT molecular complexity index is 922. The number of rotatable bonds is 7. The number of sulfonamides is 1. The molecule has 2 atom stereocenters. The van der Waals surface area contributed by atoms with E-state index in [1.54, 1.807) is 23.1 Å². The van der Waals surface area contributed by atoms with Gasteiger partial charge >= 0.3 is 0 Å². The predicted octanol–water partition coefficient (Wildman–Crippen LogP) is 3.14. The van der Waals surface area contributed by atoms with E-state index in [4.69, 9.17) is 11.6 Å². The molecule has 1 N–H and O–H groups in total. The summed E-state index contributed by atoms with van der Waals surface area (Å²) >= 11 is 6.13. The van der Waals surface area contributed by atoms with Crippen molar-refractivity contribution in [1.82, 2.24) is 14.5 Å². The van der Waals surface area contributed by atoms with Crippen LogP contribution in [0.4, 0.5) is 0 Å². The fourth-order valence-corrected chi connectivity index (χ4v) is 6.45. The second-order valence-electron chi connectivity index (χ2n) is 9.23. The molecule has 1 unspecified atom stereocenters. The lowest BCUT2D eigenvalue weighted by molar-refractivity contribution is -0.140. The molecule has 7 nitrogen and oxygen atoms in total. The van der Waals surface area contributed by atoms with Gasteiger partial charge in [0.15, 0.2) is 0 Å². The van der Waals surface area contributed by atoms with Crippen molar-refractivity contribution in [3.8, 4) is 0 Å². The van der Waals surface area contributed by atoms with E-state index in [1.807, 2.05) is 0 Å². The highest BCUT2D eigenvalue weighted by Gasteiger charge is 2.37. The Balaban J connectivity index is 1.62. The molecule has 0 spiro atoms. The van der Waals surface area contributed by atoms with Crippen LogP contribution in [-0.4, -0.2) is 62.2 Å². The molecule has 3 rings (SSSR count). The number of halogens is 1. The van der Waals surface area contributed by atoms with Crippen molar-refractivity contribution in [2.45, 2.75) is 50.8 Å². The lowest BCUT2D eigenvalue weighted by Gasteiger charge is -2.37. The van der Waals surface area contributed by atoms with Crippen molar-refractivity contribution in [3.05, 3.63) is 29.3 Å². The Morgan fingerprint density at radius 2 is 1.78 bits per heavy atom. The Morgan fingerprint density at radius 3 is 2.50 bits per heavy atom. The summed E-state index contributed by atoms with van der Waals surface area (Å²) in [6.45, 7) is 6.42. The molecule has 1 aromatic rings. The molecule has 0 aromatic heterocycles. The highest BCUT2D eigenvalue weighted by molar-refractivity contribution is 7.89. The van der Waals surface area contributed by atoms with Gasteiger partial charge in [0.05, 0.1) is 16.9 Å². The van der Waals surface area contributed by atoms with Crippen LogP contribution < -0.4 is 5.32 Å². The fourth-order valence-electron chi connectivity index (χ4n) is 4.43. The first-order valence-electron chi connectivity index (χ1n) is 11.5. The Hall–Kier alpha value is -1.64. The highest BCUT2D eigenvalue weighted by Crippen LogP contribution is 2.29. The third-order valence-corrected chi connectivity index (χ3v) is 8.68. The first kappa shape index (κ1) is 25.0. The van der Waals surface area contributed by atoms with E-state index in [0.717, 1.165) is 19.3 Å². The highest BCUT2D eigenvalue weighted by atomic mass is 35.5. The van der Waals surface area contributed by atoms with Crippen LogP contribution in [0, 0.1) is 17.8 Å². The maximum atomic E-state index is 13.2. The van der Waals surface area contributed by atoms with Gasteiger partial charge in [-0.05, 0) is 50.2 Å². The number of benzene rings is 1. The maximum Gasteiger partial charge on any atom is 0.244 e. The quantitative estimate of drug-likeness (QED) is 0.645. The zero-order chi connectivity index (χ0) is 23.3. The predicted molar refractivity (Wildman–Crippen MR) is 125 cm³/mol. The topological polar surface area (TPSA) is 86.8 Å². The third kappa shape index (κ3) is 6.02. The number of hydrogen-bond donors (Lipinski definition) is 1. The van der Waals surface area contributed by atoms with Crippen LogP contribution in [0.15, 0.2) is 29.2 Å². The molecule has 2 amide bonds. The molecule has 0 bridgehead atoms. The molecule has 2 aliphatic rings. The molecule has 2 fully saturated rings. The number of carbonyl (C=O) groups is 2. The van der Waals surface area contributed by atoms with Crippen LogP contribution in [0.2, 0.25) is 5.02 Å². The van der Waals surface area contributed by atoms with Gasteiger partial charge in [0, 0.05) is 32.7 Å². The van der Waals surface area contributed by atoms with Gasteiger partial charge in [-0.25, -0.2) is 8.42 Å². The van der Waals surface area contributed by atoms with Gasteiger partial charge in [-0.3, -0.25) is 9.59 Å². The molecule has 2 saturated heterocycles. The lowest BCUT2D eigenvalue weighted by atomic mass is 9.93. The van der Waals surface area contributed by atoms with Gasteiger partial charge in [0.2, 0.25) is 21.8 Å². The summed E-state index contributed by atoms with van der Waals surface area (Å²) in [6.07, 6.45) is 3.75. The summed E-state index contributed by atoms with van der Waals surface area (Å²) in [7, 11) is -3.76. The molecular formula is C23H34ClN3O4S. The summed E-state index contributed by atoms with van der Waals surface area (Å²) in [5, 5.41) is 3.18. The summed E-state index contributed by atoms with van der Waals surface area (Å²) in [6, 6.07) is 6.39. The Labute approximate surface area is 196 Å². The van der Waals surface area contributed by atoms with Crippen molar-refractivity contribution < 1.29 is 18.0 Å². The molecule has 9 heteroatoms. The molecule has 178 valence electrons. The van der Waals surface area contributed by atoms with Gasteiger partial charge in [-0.15, -0.1) is 0 Å². The smallest absolute Gasteiger partial charge is 0.244 e. The SMILES string of the molecule is CC(C)CCNC(=O)[C@H]1CCCN(C(=O)C2CCCN(S(=O)(=O)c3ccccc3Cl)C2)C1. The third-order valence-electron chi connectivity index (χ3n) is 6.31. The van der Waals surface area contributed by atoms with Crippen LogP contribution in [0.3, 0.4) is 0 Å². The number of nitrogens with zero attached hydrogens (tertiary/aromatic N) is 2. The van der Waals surface area contributed by atoms with Gasteiger partial charge in [-0.2, -0.15) is 4.31 Å². The zero-order valence-electron chi connectivity index (χ0n) is 18.9. The standard InChI is InChI=1S/C23H34ClN3O4S/c1-17(2)11-12-25-22(28)18-7-5-13-26(15-18)23(29)19-8-6-14-27(16-19)32(30,31)21-10-4-3-9-20(21)24/h3-4,9-10,17-19H,5-8,11-16H2,1-2H3,(H,25,28)/t18-,19?/m0/s1. The molecular weight excluding hydrogens is 450 g/mol. The Kier molecular flexibility index (Phi) is 8.58. The van der Waals surface area contributed by atoms with E-state index in [9.17, 15) is 18.0 Å². The lowest BCUT2D eigenvalue weighted by Crippen LogP contribution is -2.51. The minimum absolute atomic E-state index is 0.00900. The number of amides is 2. The first-order valence-corrected chi connectivity index (χ1v) is 13.3. The summed E-state index contributed by atoms with van der Waals surface area (Å²) < 4.78 is 27.6. The van der Waals surface area contributed by atoms with E-state index in [-0.39, 0.29) is 34.2 Å². The first-order chi connectivity index (χ1) is 15.2. The zero-order valence-corrected chi connectivity index (χ0v) is 20.5. The molecule has 32 heavy (non-hydrogen) atoms. The molecule has 0 radical (unpaired) electrons. The molecule has 1 aromatic carbocycles. The number of likely N-dealkylation sites (tertiary alicyclic amines) is 1. The average molecular weight is 484 g/mol. The van der Waals surface area contributed by atoms with Crippen LogP contribution in [0.1, 0.15) is 46.0 Å². The van der Waals surface area contributed by atoms with E-state index in [1.165, 1.54) is 10.4 Å². The van der Waals surface area contributed by atoms with E-state index >= 15 is 0 Å². The molecule has 0 saturated carbocycles. The fraction of sp³-hybridized carbons (Fsp3) is 0.652. The van der Waals surface area contributed by atoms with Crippen molar-refractivity contribution in [2.75, 3.05) is 32.7 Å². The number of piperidine rings is 2. The van der Waals surface area contributed by atoms with Crippen molar-refractivity contribution >= 4 is 33.4 Å². The van der Waals surface area contributed by atoms with E-state index < -0.39 is 15.9 Å². The van der Waals surface area contributed by atoms with E-state index in [0.29, 0.717) is 44.9 Å². The van der Waals surface area contributed by atoms with Crippen molar-refractivity contribution in [1.29, 1.82) is 0 Å². The molecule has 0 aliphatic carbocycles. The van der Waals surface area contributed by atoms with Crippen molar-refractivity contribution in [3.63, 3.8) is 0 Å². The van der Waals surface area contributed by atoms with Crippen LogP contribution in [0.5, 0.6) is 0 Å². The summed E-state index contributed by atoms with van der Waals surface area (Å²) in [5.41, 5.74) is 0. The van der Waals surface area contributed by atoms with E-state index in [2.05, 4.69) is 19.2 Å². The second-order valence-corrected chi connectivity index (χ2v) is 11.5. The Morgan fingerprint density at radius 1 is 1.09 bits per heavy atom. The van der Waals surface area contributed by atoms with Gasteiger partial charge in [-0.1, -0.05) is 37.6 Å². The van der Waals surface area contributed by atoms with Gasteiger partial charge < -0.3 is 10.2 Å². The molecule has 2 heterocycles. The van der Waals surface area contributed by atoms with Crippen LogP contribution in [-0.2, 0) is 19.6 Å². The van der Waals surface area contributed by atoms with Crippen LogP contribution >= 0.6 is 11.6 Å². The number of hydrogen-bond acceptors (Lipinski definition) is 4. The number of nitrogens with one attached hydrogen (secondary N) is 1. The second kappa shape index (κ2) is 11.0. The normalized spacial score (nSPS) is 22.7. The maximum absolute atomic E-state index is 13.2. The molecule has 2 aliphatic heterocycles. The minimum atomic E-state index is -3.76.